The zero-order valence-electron chi connectivity index (χ0n) is 14.4. The van der Waals surface area contributed by atoms with Crippen LogP contribution >= 0.6 is 0 Å². The van der Waals surface area contributed by atoms with E-state index in [-0.39, 0.29) is 6.61 Å². The summed E-state index contributed by atoms with van der Waals surface area (Å²) in [5.41, 5.74) is 2.71. The molecule has 2 rings (SSSR count). The van der Waals surface area contributed by atoms with E-state index in [1.807, 2.05) is 0 Å². The highest BCUT2D eigenvalue weighted by atomic mass is 16.3. The van der Waals surface area contributed by atoms with E-state index in [2.05, 4.69) is 43.4 Å². The number of benzene rings is 1. The van der Waals surface area contributed by atoms with E-state index in [1.54, 1.807) is 0 Å². The fourth-order valence-electron chi connectivity index (χ4n) is 3.84. The van der Waals surface area contributed by atoms with Crippen LogP contribution in [0.2, 0.25) is 0 Å². The van der Waals surface area contributed by atoms with Crippen molar-refractivity contribution in [3.8, 4) is 0 Å². The zero-order valence-corrected chi connectivity index (χ0v) is 14.4. The van der Waals surface area contributed by atoms with E-state index in [1.165, 1.54) is 49.7 Å². The van der Waals surface area contributed by atoms with Gasteiger partial charge in [-0.1, -0.05) is 50.5 Å². The molecule has 1 aromatic rings. The molecule has 2 heteroatoms. The number of rotatable bonds is 9. The Morgan fingerprint density at radius 1 is 1.23 bits per heavy atom. The molecule has 0 radical (unpaired) electrons. The highest BCUT2D eigenvalue weighted by molar-refractivity contribution is 5.25. The highest BCUT2D eigenvalue weighted by Gasteiger charge is 2.24. The van der Waals surface area contributed by atoms with Gasteiger partial charge in [-0.25, -0.2) is 0 Å². The summed E-state index contributed by atoms with van der Waals surface area (Å²) in [6, 6.07) is 9.19. The van der Waals surface area contributed by atoms with Crippen LogP contribution in [0.15, 0.2) is 24.3 Å². The summed E-state index contributed by atoms with van der Waals surface area (Å²) in [5.74, 6) is 1.18. The third-order valence-corrected chi connectivity index (χ3v) is 5.27. The summed E-state index contributed by atoms with van der Waals surface area (Å²) in [6.07, 6.45) is 9.07. The lowest BCUT2D eigenvalue weighted by Gasteiger charge is -2.27. The zero-order chi connectivity index (χ0) is 15.8. The molecule has 2 atom stereocenters. The minimum atomic E-state index is 0.269. The molecule has 1 aromatic carbocycles. The molecule has 2 N–H and O–H groups in total. The second kappa shape index (κ2) is 9.32. The molecule has 1 saturated carbocycles. The van der Waals surface area contributed by atoms with Gasteiger partial charge in [0.2, 0.25) is 0 Å². The largest absolute Gasteiger partial charge is 0.396 e. The fraction of sp³-hybridized carbons (Fsp3) is 0.700. The van der Waals surface area contributed by atoms with Crippen molar-refractivity contribution in [1.82, 2.24) is 5.32 Å². The SMILES string of the molecule is CCCC(NCC(CO)Cc1ccccc1C)C1CCCC1. The van der Waals surface area contributed by atoms with Gasteiger partial charge in [0, 0.05) is 19.2 Å². The van der Waals surface area contributed by atoms with E-state index < -0.39 is 0 Å². The van der Waals surface area contributed by atoms with E-state index in [4.69, 9.17) is 0 Å². The Kier molecular flexibility index (Phi) is 7.41. The first-order chi connectivity index (χ1) is 10.7. The summed E-state index contributed by atoms with van der Waals surface area (Å²) in [6.45, 7) is 5.65. The van der Waals surface area contributed by atoms with Gasteiger partial charge in [-0.2, -0.15) is 0 Å². The first-order valence-corrected chi connectivity index (χ1v) is 9.13. The molecule has 22 heavy (non-hydrogen) atoms. The Morgan fingerprint density at radius 3 is 2.59 bits per heavy atom. The Bertz CT molecular complexity index is 425. The molecule has 0 amide bonds. The number of hydrogen-bond donors (Lipinski definition) is 2. The van der Waals surface area contributed by atoms with Gasteiger partial charge in [-0.3, -0.25) is 0 Å². The molecule has 1 aliphatic rings. The predicted octanol–water partition coefficient (Wildman–Crippen LogP) is 4.09. The molecule has 2 nitrogen and oxygen atoms in total. The van der Waals surface area contributed by atoms with Gasteiger partial charge < -0.3 is 10.4 Å². The first-order valence-electron chi connectivity index (χ1n) is 9.13. The maximum Gasteiger partial charge on any atom is 0.0474 e. The van der Waals surface area contributed by atoms with Crippen LogP contribution in [0.5, 0.6) is 0 Å². The molecule has 124 valence electrons. The van der Waals surface area contributed by atoms with Gasteiger partial charge in [0.05, 0.1) is 0 Å². The highest BCUT2D eigenvalue weighted by Crippen LogP contribution is 2.29. The topological polar surface area (TPSA) is 32.3 Å². The number of hydrogen-bond acceptors (Lipinski definition) is 2. The average Bonchev–Trinajstić information content (AvgIpc) is 3.06. The summed E-state index contributed by atoms with van der Waals surface area (Å²) in [5, 5.41) is 13.5. The van der Waals surface area contributed by atoms with Crippen LogP contribution in [-0.2, 0) is 6.42 Å². The fourth-order valence-corrected chi connectivity index (χ4v) is 3.84. The molecule has 0 bridgehead atoms. The molecule has 0 spiro atoms. The Labute approximate surface area is 136 Å². The Balaban J connectivity index is 1.87. The number of aliphatic hydroxyl groups is 1. The molecule has 0 saturated heterocycles. The smallest absolute Gasteiger partial charge is 0.0474 e. The number of aliphatic hydroxyl groups excluding tert-OH is 1. The van der Waals surface area contributed by atoms with Crippen molar-refractivity contribution in [2.24, 2.45) is 11.8 Å². The third-order valence-electron chi connectivity index (χ3n) is 5.27. The molecule has 1 aliphatic carbocycles. The normalized spacial score (nSPS) is 18.5. The minimum absolute atomic E-state index is 0.269. The van der Waals surface area contributed by atoms with Crippen molar-refractivity contribution in [3.63, 3.8) is 0 Å². The van der Waals surface area contributed by atoms with Crippen molar-refractivity contribution in [2.45, 2.75) is 64.8 Å². The van der Waals surface area contributed by atoms with Crippen molar-refractivity contribution >= 4 is 0 Å². The Hall–Kier alpha value is -0.860. The van der Waals surface area contributed by atoms with Gasteiger partial charge >= 0.3 is 0 Å². The van der Waals surface area contributed by atoms with E-state index in [0.717, 1.165) is 18.9 Å². The van der Waals surface area contributed by atoms with Crippen LogP contribution < -0.4 is 5.32 Å². The van der Waals surface area contributed by atoms with Crippen LogP contribution in [-0.4, -0.2) is 24.3 Å². The maximum absolute atomic E-state index is 9.75. The average molecular weight is 303 g/mol. The van der Waals surface area contributed by atoms with Crippen molar-refractivity contribution in [1.29, 1.82) is 0 Å². The molecular formula is C20H33NO. The van der Waals surface area contributed by atoms with Gasteiger partial charge in [0.1, 0.15) is 0 Å². The molecule has 0 aromatic heterocycles. The maximum atomic E-state index is 9.75. The molecule has 0 heterocycles. The predicted molar refractivity (Wildman–Crippen MR) is 94.1 cm³/mol. The van der Waals surface area contributed by atoms with Crippen LogP contribution in [0.3, 0.4) is 0 Å². The van der Waals surface area contributed by atoms with E-state index >= 15 is 0 Å². The Morgan fingerprint density at radius 2 is 1.95 bits per heavy atom. The van der Waals surface area contributed by atoms with E-state index in [9.17, 15) is 5.11 Å². The van der Waals surface area contributed by atoms with Crippen molar-refractivity contribution < 1.29 is 5.11 Å². The van der Waals surface area contributed by atoms with Gasteiger partial charge in [-0.15, -0.1) is 0 Å². The molecular weight excluding hydrogens is 270 g/mol. The molecule has 1 fully saturated rings. The molecule has 2 unspecified atom stereocenters. The van der Waals surface area contributed by atoms with Gasteiger partial charge in [0.15, 0.2) is 0 Å². The van der Waals surface area contributed by atoms with Crippen LogP contribution in [0.4, 0.5) is 0 Å². The van der Waals surface area contributed by atoms with Gasteiger partial charge in [-0.05, 0) is 55.6 Å². The van der Waals surface area contributed by atoms with Crippen LogP contribution in [0.25, 0.3) is 0 Å². The minimum Gasteiger partial charge on any atom is -0.396 e. The summed E-state index contributed by atoms with van der Waals surface area (Å²) in [7, 11) is 0. The lowest BCUT2D eigenvalue weighted by Crippen LogP contribution is -2.39. The van der Waals surface area contributed by atoms with Crippen molar-refractivity contribution in [3.05, 3.63) is 35.4 Å². The summed E-state index contributed by atoms with van der Waals surface area (Å²) in [4.78, 5) is 0. The van der Waals surface area contributed by atoms with E-state index in [0.29, 0.717) is 12.0 Å². The summed E-state index contributed by atoms with van der Waals surface area (Å²) < 4.78 is 0. The number of aryl methyl sites for hydroxylation is 1. The third kappa shape index (κ3) is 5.10. The van der Waals surface area contributed by atoms with Crippen LogP contribution in [0, 0.1) is 18.8 Å². The second-order valence-electron chi connectivity index (χ2n) is 7.03. The standard InChI is InChI=1S/C20H33NO/c1-3-8-20(18-10-6-7-11-18)21-14-17(15-22)13-19-12-5-4-9-16(19)2/h4-5,9,12,17-18,20-22H,3,6-8,10-11,13-15H2,1-2H3. The second-order valence-corrected chi connectivity index (χ2v) is 7.03. The lowest BCUT2D eigenvalue weighted by atomic mass is 9.92. The van der Waals surface area contributed by atoms with Gasteiger partial charge in [0.25, 0.3) is 0 Å². The van der Waals surface area contributed by atoms with Crippen molar-refractivity contribution in [2.75, 3.05) is 13.2 Å². The number of nitrogens with one attached hydrogen (secondary N) is 1. The lowest BCUT2D eigenvalue weighted by molar-refractivity contribution is 0.209. The summed E-state index contributed by atoms with van der Waals surface area (Å²) >= 11 is 0. The monoisotopic (exact) mass is 303 g/mol. The van der Waals surface area contributed by atoms with Crippen LogP contribution in [0.1, 0.15) is 56.6 Å². The first kappa shape index (κ1) is 17.5. The molecule has 0 aliphatic heterocycles. The quantitative estimate of drug-likeness (QED) is 0.720.